The molecule has 1 N–H and O–H groups in total. The summed E-state index contributed by atoms with van der Waals surface area (Å²) in [7, 11) is -3.97. The number of carbonyl (C=O) groups excluding carboxylic acids is 2. The summed E-state index contributed by atoms with van der Waals surface area (Å²) in [6.45, 7) is 0. The van der Waals surface area contributed by atoms with E-state index >= 15 is 0 Å². The molecule has 0 fully saturated rings. The average Bonchev–Trinajstić information content (AvgIpc) is 2.54. The van der Waals surface area contributed by atoms with Gasteiger partial charge in [0.1, 0.15) is 4.90 Å². The maximum Gasteiger partial charge on any atom is 0.265 e. The van der Waals surface area contributed by atoms with Gasteiger partial charge in [0.15, 0.2) is 5.78 Å². The van der Waals surface area contributed by atoms with E-state index in [1.807, 2.05) is 4.72 Å². The van der Waals surface area contributed by atoms with Crippen LogP contribution in [0.25, 0.3) is 0 Å². The summed E-state index contributed by atoms with van der Waals surface area (Å²) < 4.78 is 25.8. The number of amides is 1. The molecule has 8 heteroatoms. The molecule has 120 valence electrons. The highest BCUT2D eigenvalue weighted by Gasteiger charge is 2.18. The molecule has 0 unspecified atom stereocenters. The van der Waals surface area contributed by atoms with Crippen molar-refractivity contribution in [1.82, 2.24) is 9.71 Å². The maximum atomic E-state index is 11.9. The lowest BCUT2D eigenvalue weighted by atomic mass is 10.1. The molecule has 2 rings (SSSR count). The van der Waals surface area contributed by atoms with Gasteiger partial charge in [0.2, 0.25) is 5.91 Å². The van der Waals surface area contributed by atoms with Gasteiger partial charge < -0.3 is 0 Å². The smallest absolute Gasteiger partial charge is 0.265 e. The number of nitrogens with zero attached hydrogens (tertiary/aromatic N) is 1. The number of pyridine rings is 1. The second kappa shape index (κ2) is 7.34. The Labute approximate surface area is 138 Å². The lowest BCUT2D eigenvalue weighted by Gasteiger charge is -2.06. The zero-order chi connectivity index (χ0) is 16.9. The van der Waals surface area contributed by atoms with Gasteiger partial charge in [0.05, 0.1) is 0 Å². The van der Waals surface area contributed by atoms with Crippen molar-refractivity contribution < 1.29 is 18.0 Å². The average molecular weight is 353 g/mol. The first-order valence-electron chi connectivity index (χ1n) is 6.63. The summed E-state index contributed by atoms with van der Waals surface area (Å²) in [4.78, 5) is 27.2. The molecular weight excluding hydrogens is 340 g/mol. The summed E-state index contributed by atoms with van der Waals surface area (Å²) in [5.74, 6) is -1.02. The van der Waals surface area contributed by atoms with E-state index in [1.165, 1.54) is 18.3 Å². The van der Waals surface area contributed by atoms with Crippen LogP contribution in [0.15, 0.2) is 53.7 Å². The Hall–Kier alpha value is -2.25. The molecule has 6 nitrogen and oxygen atoms in total. The third-order valence-corrected chi connectivity index (χ3v) is 4.55. The number of nitrogens with one attached hydrogen (secondary N) is 1. The molecule has 1 heterocycles. The highest BCUT2D eigenvalue weighted by Crippen LogP contribution is 2.12. The monoisotopic (exact) mass is 352 g/mol. The first-order valence-corrected chi connectivity index (χ1v) is 8.49. The van der Waals surface area contributed by atoms with Crippen LogP contribution >= 0.6 is 11.6 Å². The number of benzene rings is 1. The molecule has 23 heavy (non-hydrogen) atoms. The summed E-state index contributed by atoms with van der Waals surface area (Å²) in [5.41, 5.74) is 0.414. The molecule has 0 bridgehead atoms. The van der Waals surface area contributed by atoms with Crippen LogP contribution in [0.5, 0.6) is 0 Å². The van der Waals surface area contributed by atoms with Gasteiger partial charge in [0.25, 0.3) is 10.0 Å². The first kappa shape index (κ1) is 17.1. The SMILES string of the molecule is O=C(CCC(=O)c1ccc(Cl)cc1)NS(=O)(=O)c1cccnc1. The quantitative estimate of drug-likeness (QED) is 0.804. The van der Waals surface area contributed by atoms with E-state index in [4.69, 9.17) is 11.6 Å². The van der Waals surface area contributed by atoms with E-state index in [9.17, 15) is 18.0 Å². The molecule has 1 aromatic carbocycles. The lowest BCUT2D eigenvalue weighted by Crippen LogP contribution is -2.30. The maximum absolute atomic E-state index is 11.9. The fraction of sp³-hybridized carbons (Fsp3) is 0.133. The van der Waals surface area contributed by atoms with Gasteiger partial charge in [-0.1, -0.05) is 11.6 Å². The highest BCUT2D eigenvalue weighted by atomic mass is 35.5. The molecule has 0 aliphatic rings. The number of carbonyl (C=O) groups is 2. The fourth-order valence-corrected chi connectivity index (χ4v) is 2.88. The van der Waals surface area contributed by atoms with Gasteiger partial charge in [0, 0.05) is 35.8 Å². The summed E-state index contributed by atoms with van der Waals surface area (Å²) in [6.07, 6.45) is 2.22. The summed E-state index contributed by atoms with van der Waals surface area (Å²) >= 11 is 5.73. The van der Waals surface area contributed by atoms with Gasteiger partial charge in [-0.3, -0.25) is 14.6 Å². The molecule has 0 aliphatic heterocycles. The highest BCUT2D eigenvalue weighted by molar-refractivity contribution is 7.90. The minimum Gasteiger partial charge on any atom is -0.294 e. The topological polar surface area (TPSA) is 93.2 Å². The van der Waals surface area contributed by atoms with Crippen LogP contribution in [-0.2, 0) is 14.8 Å². The van der Waals surface area contributed by atoms with E-state index in [0.717, 1.165) is 6.20 Å². The van der Waals surface area contributed by atoms with E-state index in [-0.39, 0.29) is 23.5 Å². The van der Waals surface area contributed by atoms with E-state index in [2.05, 4.69) is 4.98 Å². The normalized spacial score (nSPS) is 11.0. The molecule has 0 saturated heterocycles. The Morgan fingerprint density at radius 1 is 1.09 bits per heavy atom. The minimum atomic E-state index is -3.97. The second-order valence-electron chi connectivity index (χ2n) is 4.65. The molecule has 2 aromatic rings. The van der Waals surface area contributed by atoms with Crippen LogP contribution in [0.4, 0.5) is 0 Å². The molecule has 0 radical (unpaired) electrons. The third kappa shape index (κ3) is 4.87. The van der Waals surface area contributed by atoms with Crippen LogP contribution in [0, 0.1) is 0 Å². The zero-order valence-corrected chi connectivity index (χ0v) is 13.5. The number of halogens is 1. The van der Waals surface area contributed by atoms with Crippen molar-refractivity contribution in [2.75, 3.05) is 0 Å². The summed E-state index contributed by atoms with van der Waals surface area (Å²) in [6, 6.07) is 9.01. The second-order valence-corrected chi connectivity index (χ2v) is 6.77. The van der Waals surface area contributed by atoms with E-state index in [0.29, 0.717) is 10.6 Å². The van der Waals surface area contributed by atoms with Crippen molar-refractivity contribution in [2.45, 2.75) is 17.7 Å². The van der Waals surface area contributed by atoms with Crippen molar-refractivity contribution >= 4 is 33.3 Å². The Morgan fingerprint density at radius 2 is 1.78 bits per heavy atom. The van der Waals surface area contributed by atoms with Gasteiger partial charge in [-0.2, -0.15) is 0 Å². The lowest BCUT2D eigenvalue weighted by molar-refractivity contribution is -0.119. The van der Waals surface area contributed by atoms with Crippen molar-refractivity contribution in [3.63, 3.8) is 0 Å². The number of hydrogen-bond acceptors (Lipinski definition) is 5. The number of Topliss-reactive ketones (excluding diaryl/α,β-unsaturated/α-hetero) is 1. The summed E-state index contributed by atoms with van der Waals surface area (Å²) in [5, 5.41) is 0.502. The van der Waals surface area contributed by atoms with E-state index in [1.54, 1.807) is 24.3 Å². The van der Waals surface area contributed by atoms with Gasteiger partial charge in [-0.25, -0.2) is 13.1 Å². The van der Waals surface area contributed by atoms with Crippen LogP contribution in [0.1, 0.15) is 23.2 Å². The fourth-order valence-electron chi connectivity index (χ4n) is 1.77. The predicted octanol–water partition coefficient (Wildman–Crippen LogP) is 2.20. The largest absolute Gasteiger partial charge is 0.294 e. The van der Waals surface area contributed by atoms with Crippen LogP contribution in [0.3, 0.4) is 0 Å². The van der Waals surface area contributed by atoms with Gasteiger partial charge >= 0.3 is 0 Å². The minimum absolute atomic E-state index is 0.101. The molecule has 0 aliphatic carbocycles. The number of ketones is 1. The number of sulfonamides is 1. The number of hydrogen-bond donors (Lipinski definition) is 1. The Bertz CT molecular complexity index is 805. The van der Waals surface area contributed by atoms with Crippen molar-refractivity contribution in [3.8, 4) is 0 Å². The zero-order valence-electron chi connectivity index (χ0n) is 11.9. The van der Waals surface area contributed by atoms with Gasteiger partial charge in [-0.15, -0.1) is 0 Å². The molecule has 0 atom stereocenters. The Kier molecular flexibility index (Phi) is 5.46. The Morgan fingerprint density at radius 3 is 2.39 bits per heavy atom. The molecule has 1 amide bonds. The van der Waals surface area contributed by atoms with Crippen molar-refractivity contribution in [2.24, 2.45) is 0 Å². The van der Waals surface area contributed by atoms with E-state index < -0.39 is 15.9 Å². The van der Waals surface area contributed by atoms with Crippen LogP contribution < -0.4 is 4.72 Å². The molecule has 0 saturated carbocycles. The van der Waals surface area contributed by atoms with Crippen LogP contribution in [0.2, 0.25) is 5.02 Å². The molecule has 1 aromatic heterocycles. The Balaban J connectivity index is 1.92. The molecular formula is C15H13ClN2O4S. The molecule has 0 spiro atoms. The first-order chi connectivity index (χ1) is 10.9. The number of rotatable bonds is 6. The number of aromatic nitrogens is 1. The van der Waals surface area contributed by atoms with Crippen LogP contribution in [-0.4, -0.2) is 25.1 Å². The van der Waals surface area contributed by atoms with Gasteiger partial charge in [-0.05, 0) is 36.4 Å². The van der Waals surface area contributed by atoms with Crippen molar-refractivity contribution in [3.05, 3.63) is 59.4 Å². The van der Waals surface area contributed by atoms with Crippen molar-refractivity contribution in [1.29, 1.82) is 0 Å². The standard InChI is InChI=1S/C15H13ClN2O4S/c16-12-5-3-11(4-6-12)14(19)7-8-15(20)18-23(21,22)13-2-1-9-17-10-13/h1-6,9-10H,7-8H2,(H,18,20). The third-order valence-electron chi connectivity index (χ3n) is 2.94. The predicted molar refractivity (Wildman–Crippen MR) is 84.6 cm³/mol.